The highest BCUT2D eigenvalue weighted by Gasteiger charge is 2.28. The van der Waals surface area contributed by atoms with Gasteiger partial charge in [-0.2, -0.15) is 0 Å². The zero-order chi connectivity index (χ0) is 22.8. The average molecular weight is 467 g/mol. The number of nitrogens with zero attached hydrogens (tertiary/aromatic N) is 2. The smallest absolute Gasteiger partial charge is 0.319 e. The summed E-state index contributed by atoms with van der Waals surface area (Å²) >= 11 is 1.52. The van der Waals surface area contributed by atoms with Gasteiger partial charge in [0.15, 0.2) is 0 Å². The summed E-state index contributed by atoms with van der Waals surface area (Å²) in [6.45, 7) is 2.83. The Morgan fingerprint density at radius 2 is 2.19 bits per heavy atom. The Morgan fingerprint density at radius 3 is 2.94 bits per heavy atom. The third-order valence-corrected chi connectivity index (χ3v) is 6.61. The number of hydrogen-bond acceptors (Lipinski definition) is 5. The molecule has 0 spiro atoms. The molecule has 172 valence electrons. The molecule has 1 unspecified atom stereocenters. The predicted molar refractivity (Wildman–Crippen MR) is 118 cm³/mol. The first-order chi connectivity index (χ1) is 15.3. The van der Waals surface area contributed by atoms with Crippen LogP contribution in [0.3, 0.4) is 0 Å². The molecule has 3 heterocycles. The summed E-state index contributed by atoms with van der Waals surface area (Å²) in [6.07, 6.45) is -1.31. The van der Waals surface area contributed by atoms with E-state index in [1.807, 2.05) is 11.4 Å². The minimum Gasteiger partial charge on any atom is -0.487 e. The van der Waals surface area contributed by atoms with Gasteiger partial charge in [0.2, 0.25) is 0 Å². The molecule has 1 aromatic heterocycles. The number of benzene rings is 1. The van der Waals surface area contributed by atoms with Crippen molar-refractivity contribution in [3.05, 3.63) is 51.6 Å². The molecular formula is C22H25F3N4O2S. The number of urea groups is 1. The Morgan fingerprint density at radius 1 is 1.38 bits per heavy atom. The van der Waals surface area contributed by atoms with Gasteiger partial charge in [-0.25, -0.2) is 18.0 Å². The van der Waals surface area contributed by atoms with E-state index < -0.39 is 18.3 Å². The second-order valence-electron chi connectivity index (χ2n) is 7.94. The number of fused-ring (bicyclic) bond motifs is 1. The molecule has 10 heteroatoms. The molecule has 4 rings (SSSR count). The lowest BCUT2D eigenvalue weighted by molar-refractivity contribution is 0.0384. The van der Waals surface area contributed by atoms with Crippen molar-refractivity contribution >= 4 is 28.8 Å². The fourth-order valence-electron chi connectivity index (χ4n) is 4.16. The number of rotatable bonds is 6. The van der Waals surface area contributed by atoms with E-state index in [1.54, 1.807) is 17.9 Å². The van der Waals surface area contributed by atoms with E-state index in [9.17, 15) is 18.0 Å². The molecule has 0 bridgehead atoms. The minimum absolute atomic E-state index is 0.294. The molecule has 1 fully saturated rings. The number of primary amides is 1. The third kappa shape index (κ3) is 4.86. The van der Waals surface area contributed by atoms with Crippen LogP contribution in [0.4, 0.5) is 23.7 Å². The summed E-state index contributed by atoms with van der Waals surface area (Å²) in [5.74, 6) is -0.169. The molecule has 32 heavy (non-hydrogen) atoms. The highest BCUT2D eigenvalue weighted by atomic mass is 32.1. The lowest BCUT2D eigenvalue weighted by Gasteiger charge is -2.33. The maximum absolute atomic E-state index is 14.1. The van der Waals surface area contributed by atoms with Crippen LogP contribution < -0.4 is 15.8 Å². The summed E-state index contributed by atoms with van der Waals surface area (Å²) in [5.41, 5.74) is 8.36. The highest BCUT2D eigenvalue weighted by Crippen LogP contribution is 2.38. The van der Waals surface area contributed by atoms with Gasteiger partial charge in [-0.05, 0) is 49.9 Å². The van der Waals surface area contributed by atoms with Crippen molar-refractivity contribution in [2.24, 2.45) is 5.73 Å². The molecule has 0 saturated carbocycles. The van der Waals surface area contributed by atoms with Crippen molar-refractivity contribution in [1.29, 1.82) is 0 Å². The number of nitrogens with two attached hydrogens (primary N) is 1. The molecule has 2 amide bonds. The van der Waals surface area contributed by atoms with Crippen LogP contribution >= 0.6 is 11.3 Å². The van der Waals surface area contributed by atoms with Gasteiger partial charge >= 0.3 is 6.03 Å². The molecule has 1 saturated heterocycles. The molecule has 2 aliphatic heterocycles. The Hall–Kier alpha value is -2.72. The molecule has 6 nitrogen and oxygen atoms in total. The number of nitrogens with one attached hydrogen (secondary N) is 1. The number of piperidine rings is 1. The molecule has 0 radical (unpaired) electrons. The molecule has 2 aliphatic rings. The van der Waals surface area contributed by atoms with Crippen molar-refractivity contribution < 1.29 is 22.7 Å². The maximum Gasteiger partial charge on any atom is 0.319 e. The van der Waals surface area contributed by atoms with Crippen molar-refractivity contribution in [2.75, 3.05) is 25.0 Å². The number of carbonyl (C=O) groups is 1. The number of ether oxygens (including phenoxy) is 1. The number of thiophene rings is 1. The molecule has 3 N–H and O–H groups in total. The number of halogens is 3. The van der Waals surface area contributed by atoms with Gasteiger partial charge in [-0.15, -0.1) is 11.3 Å². The van der Waals surface area contributed by atoms with E-state index >= 15 is 0 Å². The van der Waals surface area contributed by atoms with E-state index in [1.165, 1.54) is 28.4 Å². The first-order valence-electron chi connectivity index (χ1n) is 10.4. The Balaban J connectivity index is 1.60. The normalized spacial score (nSPS) is 19.3. The predicted octanol–water partition coefficient (Wildman–Crippen LogP) is 4.69. The van der Waals surface area contributed by atoms with Gasteiger partial charge in [0.25, 0.3) is 6.43 Å². The van der Waals surface area contributed by atoms with Gasteiger partial charge in [0, 0.05) is 28.7 Å². The average Bonchev–Trinajstić information content (AvgIpc) is 3.19. The Labute approximate surface area is 188 Å². The number of anilines is 1. The fraction of sp³-hybridized carbons (Fsp3) is 0.409. The Bertz CT molecular complexity index is 1030. The largest absolute Gasteiger partial charge is 0.487 e. The van der Waals surface area contributed by atoms with Gasteiger partial charge in [-0.1, -0.05) is 0 Å². The van der Waals surface area contributed by atoms with Crippen LogP contribution in [0.25, 0.3) is 5.70 Å². The van der Waals surface area contributed by atoms with E-state index in [4.69, 9.17) is 10.5 Å². The zero-order valence-corrected chi connectivity index (χ0v) is 18.4. The lowest BCUT2D eigenvalue weighted by atomic mass is 10.1. The quantitative estimate of drug-likeness (QED) is 0.648. The number of hydrogen-bond donors (Lipinski definition) is 2. The topological polar surface area (TPSA) is 70.8 Å². The van der Waals surface area contributed by atoms with Gasteiger partial charge < -0.3 is 15.8 Å². The standard InChI is InChI=1S/C22H25F3N4O2S/c1-13-21(16-6-8-32-19(16)11-29(13)22(26)30)27-17-5-4-14(23)9-18(17)31-15-3-2-7-28(10-15)12-20(24)25/h4-6,8-9,15,20,27H,2-3,7,10-12H2,1H3,(H2,26,30). The summed E-state index contributed by atoms with van der Waals surface area (Å²) in [6, 6.07) is 5.57. The van der Waals surface area contributed by atoms with Crippen LogP contribution in [0.1, 0.15) is 30.2 Å². The first-order valence-corrected chi connectivity index (χ1v) is 11.3. The second kappa shape index (κ2) is 9.41. The molecule has 0 aliphatic carbocycles. The van der Waals surface area contributed by atoms with E-state index in [0.717, 1.165) is 16.9 Å². The van der Waals surface area contributed by atoms with E-state index in [0.29, 0.717) is 48.9 Å². The molecule has 2 aromatic rings. The number of amides is 2. The number of likely N-dealkylation sites (tertiary alicyclic amines) is 1. The minimum atomic E-state index is -2.41. The summed E-state index contributed by atoms with van der Waals surface area (Å²) < 4.78 is 45.7. The number of alkyl halides is 2. The van der Waals surface area contributed by atoms with Crippen LogP contribution in [-0.2, 0) is 6.54 Å². The summed E-state index contributed by atoms with van der Waals surface area (Å²) in [5, 5.41) is 5.23. The maximum atomic E-state index is 14.1. The first kappa shape index (κ1) is 22.5. The van der Waals surface area contributed by atoms with Crippen LogP contribution in [-0.4, -0.2) is 48.0 Å². The van der Waals surface area contributed by atoms with E-state index in [2.05, 4.69) is 5.32 Å². The monoisotopic (exact) mass is 466 g/mol. The summed E-state index contributed by atoms with van der Waals surface area (Å²) in [7, 11) is 0. The second-order valence-corrected chi connectivity index (χ2v) is 8.94. The van der Waals surface area contributed by atoms with Crippen molar-refractivity contribution in [3.8, 4) is 5.75 Å². The van der Waals surface area contributed by atoms with Crippen LogP contribution in [0.5, 0.6) is 5.75 Å². The highest BCUT2D eigenvalue weighted by molar-refractivity contribution is 7.10. The SMILES string of the molecule is CC1=C(Nc2ccc(F)cc2OC2CCCN(CC(F)F)C2)c2ccsc2CN1C(N)=O. The van der Waals surface area contributed by atoms with Crippen molar-refractivity contribution in [1.82, 2.24) is 9.80 Å². The van der Waals surface area contributed by atoms with Crippen molar-refractivity contribution in [3.63, 3.8) is 0 Å². The molecule has 1 aromatic carbocycles. The Kier molecular flexibility index (Phi) is 6.61. The van der Waals surface area contributed by atoms with Crippen LogP contribution in [0, 0.1) is 5.82 Å². The van der Waals surface area contributed by atoms with Crippen LogP contribution in [0.15, 0.2) is 35.3 Å². The van der Waals surface area contributed by atoms with Crippen LogP contribution in [0.2, 0.25) is 0 Å². The fourth-order valence-corrected chi connectivity index (χ4v) is 5.03. The van der Waals surface area contributed by atoms with Gasteiger partial charge in [0.1, 0.15) is 17.7 Å². The number of allylic oxidation sites excluding steroid dienone is 1. The lowest BCUT2D eigenvalue weighted by Crippen LogP contribution is -2.43. The van der Waals surface area contributed by atoms with Gasteiger partial charge in [-0.3, -0.25) is 9.80 Å². The van der Waals surface area contributed by atoms with E-state index in [-0.39, 0.29) is 12.6 Å². The molecular weight excluding hydrogens is 441 g/mol. The molecule has 1 atom stereocenters. The zero-order valence-electron chi connectivity index (χ0n) is 17.6. The van der Waals surface area contributed by atoms with Crippen molar-refractivity contribution in [2.45, 2.75) is 38.8 Å². The summed E-state index contributed by atoms with van der Waals surface area (Å²) in [4.78, 5) is 16.1. The number of carbonyl (C=O) groups excluding carboxylic acids is 1. The third-order valence-electron chi connectivity index (χ3n) is 5.70. The van der Waals surface area contributed by atoms with Gasteiger partial charge in [0.05, 0.1) is 24.5 Å².